The molecule has 0 unspecified atom stereocenters. The second kappa shape index (κ2) is 13.6. The number of anilines is 2. The molecule has 0 aliphatic carbocycles. The number of carbonyl (C=O) groups is 3. The lowest BCUT2D eigenvalue weighted by molar-refractivity contribution is -0.114. The summed E-state index contributed by atoms with van der Waals surface area (Å²) in [7, 11) is 0. The van der Waals surface area contributed by atoms with Crippen LogP contribution in [0.15, 0.2) is 108 Å². The zero-order valence-corrected chi connectivity index (χ0v) is 23.0. The molecule has 0 saturated carbocycles. The average Bonchev–Trinajstić information content (AvgIpc) is 2.96. The van der Waals surface area contributed by atoms with E-state index in [9.17, 15) is 18.8 Å². The minimum Gasteiger partial charge on any atom is -0.325 e. The molecule has 4 aromatic rings. The van der Waals surface area contributed by atoms with Gasteiger partial charge >= 0.3 is 0 Å². The van der Waals surface area contributed by atoms with Crippen molar-refractivity contribution < 1.29 is 18.8 Å². The third kappa shape index (κ3) is 8.30. The Morgan fingerprint density at radius 2 is 1.52 bits per heavy atom. The van der Waals surface area contributed by atoms with Gasteiger partial charge in [0.25, 0.3) is 11.8 Å². The third-order valence-corrected chi connectivity index (χ3v) is 7.07. The molecule has 0 atom stereocenters. The summed E-state index contributed by atoms with van der Waals surface area (Å²) >= 11 is 7.46. The van der Waals surface area contributed by atoms with Crippen LogP contribution in [0.5, 0.6) is 0 Å². The smallest absolute Gasteiger partial charge is 0.272 e. The summed E-state index contributed by atoms with van der Waals surface area (Å²) in [5.41, 5.74) is 2.97. The van der Waals surface area contributed by atoms with Gasteiger partial charge in [-0.25, -0.2) is 4.39 Å². The quantitative estimate of drug-likeness (QED) is 0.150. The summed E-state index contributed by atoms with van der Waals surface area (Å²) in [5.74, 6) is -1.40. The summed E-state index contributed by atoms with van der Waals surface area (Å²) in [6.45, 7) is 1.89. The molecule has 4 aromatic carbocycles. The van der Waals surface area contributed by atoms with Crippen LogP contribution in [0, 0.1) is 12.7 Å². The molecule has 9 heteroatoms. The minimum atomic E-state index is -0.551. The van der Waals surface area contributed by atoms with Crippen molar-refractivity contribution in [2.45, 2.75) is 11.8 Å². The molecule has 40 heavy (non-hydrogen) atoms. The van der Waals surface area contributed by atoms with E-state index in [4.69, 9.17) is 11.6 Å². The molecule has 0 spiro atoms. The molecule has 0 aliphatic rings. The maximum atomic E-state index is 13.4. The van der Waals surface area contributed by atoms with E-state index in [1.807, 2.05) is 13.0 Å². The average molecular weight is 574 g/mol. The zero-order chi connectivity index (χ0) is 28.5. The molecule has 0 aliphatic heterocycles. The van der Waals surface area contributed by atoms with Gasteiger partial charge in [0.2, 0.25) is 5.91 Å². The SMILES string of the molecule is Cc1ccc(NC(=O)CSc2ccc(NC(=O)/C(=C/c3ccc(F)cc3)NC(=O)c3ccccc3)cc2)cc1Cl. The highest BCUT2D eigenvalue weighted by Gasteiger charge is 2.15. The van der Waals surface area contributed by atoms with Gasteiger partial charge in [-0.1, -0.05) is 48.0 Å². The van der Waals surface area contributed by atoms with Crippen molar-refractivity contribution in [2.24, 2.45) is 0 Å². The van der Waals surface area contributed by atoms with Gasteiger partial charge in [0, 0.05) is 26.9 Å². The van der Waals surface area contributed by atoms with E-state index in [2.05, 4.69) is 16.0 Å². The van der Waals surface area contributed by atoms with E-state index in [1.165, 1.54) is 42.1 Å². The summed E-state index contributed by atoms with van der Waals surface area (Å²) in [6, 6.07) is 26.4. The number of halogens is 2. The number of thioether (sulfide) groups is 1. The lowest BCUT2D eigenvalue weighted by Crippen LogP contribution is -2.30. The van der Waals surface area contributed by atoms with Crippen LogP contribution < -0.4 is 16.0 Å². The zero-order valence-electron chi connectivity index (χ0n) is 21.4. The number of benzene rings is 4. The fraction of sp³-hybridized carbons (Fsp3) is 0.0645. The van der Waals surface area contributed by atoms with Crippen molar-refractivity contribution in [2.75, 3.05) is 16.4 Å². The molecule has 6 nitrogen and oxygen atoms in total. The van der Waals surface area contributed by atoms with Crippen LogP contribution in [0.3, 0.4) is 0 Å². The predicted octanol–water partition coefficient (Wildman–Crippen LogP) is 6.93. The molecule has 3 amide bonds. The fourth-order valence-electron chi connectivity index (χ4n) is 3.52. The van der Waals surface area contributed by atoms with E-state index in [0.717, 1.165) is 10.5 Å². The molecule has 0 bridgehead atoms. The van der Waals surface area contributed by atoms with Gasteiger partial charge in [0.1, 0.15) is 11.5 Å². The first-order chi connectivity index (χ1) is 19.3. The number of carbonyl (C=O) groups excluding carboxylic acids is 3. The maximum Gasteiger partial charge on any atom is 0.272 e. The number of aryl methyl sites for hydroxylation is 1. The van der Waals surface area contributed by atoms with E-state index in [1.54, 1.807) is 66.7 Å². The summed E-state index contributed by atoms with van der Waals surface area (Å²) in [5, 5.41) is 8.81. The topological polar surface area (TPSA) is 87.3 Å². The molecule has 0 heterocycles. The summed E-state index contributed by atoms with van der Waals surface area (Å²) in [6.07, 6.45) is 1.47. The Morgan fingerprint density at radius 1 is 0.850 bits per heavy atom. The number of hydrogen-bond acceptors (Lipinski definition) is 4. The number of hydrogen-bond donors (Lipinski definition) is 3. The highest BCUT2D eigenvalue weighted by molar-refractivity contribution is 8.00. The summed E-state index contributed by atoms with van der Waals surface area (Å²) < 4.78 is 13.4. The van der Waals surface area contributed by atoms with E-state index >= 15 is 0 Å². The molecule has 202 valence electrons. The normalized spacial score (nSPS) is 11.0. The minimum absolute atomic E-state index is 0.00760. The van der Waals surface area contributed by atoms with Gasteiger partial charge in [-0.2, -0.15) is 0 Å². The first kappa shape index (κ1) is 28.6. The number of amides is 3. The second-order valence-electron chi connectivity index (χ2n) is 8.71. The molecule has 3 N–H and O–H groups in total. The Bertz CT molecular complexity index is 1540. The molecular weight excluding hydrogens is 549 g/mol. The van der Waals surface area contributed by atoms with Gasteiger partial charge in [-0.05, 0) is 84.8 Å². The van der Waals surface area contributed by atoms with Crippen LogP contribution in [0.2, 0.25) is 5.02 Å². The Morgan fingerprint density at radius 3 is 2.20 bits per heavy atom. The molecule has 4 rings (SSSR count). The van der Waals surface area contributed by atoms with Crippen molar-refractivity contribution in [1.82, 2.24) is 5.32 Å². The van der Waals surface area contributed by atoms with Gasteiger partial charge in [-0.15, -0.1) is 11.8 Å². The van der Waals surface area contributed by atoms with Crippen LogP contribution in [-0.2, 0) is 9.59 Å². The number of nitrogens with one attached hydrogen (secondary N) is 3. The van der Waals surface area contributed by atoms with Crippen LogP contribution >= 0.6 is 23.4 Å². The summed E-state index contributed by atoms with van der Waals surface area (Å²) in [4.78, 5) is 39.0. The van der Waals surface area contributed by atoms with Crippen LogP contribution in [0.25, 0.3) is 6.08 Å². The highest BCUT2D eigenvalue weighted by Crippen LogP contribution is 2.23. The monoisotopic (exact) mass is 573 g/mol. The fourth-order valence-corrected chi connectivity index (χ4v) is 4.40. The molecule has 0 saturated heterocycles. The van der Waals surface area contributed by atoms with Crippen molar-refractivity contribution in [3.8, 4) is 0 Å². The van der Waals surface area contributed by atoms with Crippen molar-refractivity contribution >= 4 is 58.5 Å². The first-order valence-electron chi connectivity index (χ1n) is 12.2. The predicted molar refractivity (Wildman–Crippen MR) is 159 cm³/mol. The van der Waals surface area contributed by atoms with Gasteiger partial charge in [0.05, 0.1) is 5.75 Å². The maximum absolute atomic E-state index is 13.4. The van der Waals surface area contributed by atoms with Crippen LogP contribution in [-0.4, -0.2) is 23.5 Å². The van der Waals surface area contributed by atoms with Gasteiger partial charge in [0.15, 0.2) is 0 Å². The molecule has 0 radical (unpaired) electrons. The third-order valence-electron chi connectivity index (χ3n) is 5.65. The van der Waals surface area contributed by atoms with Crippen LogP contribution in [0.4, 0.5) is 15.8 Å². The van der Waals surface area contributed by atoms with Crippen LogP contribution in [0.1, 0.15) is 21.5 Å². The largest absolute Gasteiger partial charge is 0.325 e. The van der Waals surface area contributed by atoms with Crippen molar-refractivity contribution in [1.29, 1.82) is 0 Å². The van der Waals surface area contributed by atoms with Crippen molar-refractivity contribution in [3.05, 3.63) is 130 Å². The molecular formula is C31H25ClFN3O3S. The Hall–Kier alpha value is -4.40. The Labute approximate surface area is 240 Å². The second-order valence-corrected chi connectivity index (χ2v) is 10.2. The number of rotatable bonds is 9. The lowest BCUT2D eigenvalue weighted by Gasteiger charge is -2.12. The van der Waals surface area contributed by atoms with E-state index < -0.39 is 17.6 Å². The first-order valence-corrected chi connectivity index (χ1v) is 13.6. The Kier molecular flexibility index (Phi) is 9.72. The van der Waals surface area contributed by atoms with E-state index in [-0.39, 0.29) is 17.4 Å². The van der Waals surface area contributed by atoms with Gasteiger partial charge < -0.3 is 16.0 Å². The van der Waals surface area contributed by atoms with E-state index in [0.29, 0.717) is 27.5 Å². The van der Waals surface area contributed by atoms with Gasteiger partial charge in [-0.3, -0.25) is 14.4 Å². The lowest BCUT2D eigenvalue weighted by atomic mass is 10.1. The molecule has 0 fully saturated rings. The highest BCUT2D eigenvalue weighted by atomic mass is 35.5. The standard InChI is InChI=1S/C31H25ClFN3O3S/c1-20-7-12-25(18-27(20)32)34-29(37)19-40-26-15-13-24(14-16-26)35-31(39)28(17-21-8-10-23(33)11-9-21)36-30(38)22-5-3-2-4-6-22/h2-18H,19H2,1H3,(H,34,37)(H,35,39)(H,36,38)/b28-17-. The van der Waals surface area contributed by atoms with Crippen molar-refractivity contribution in [3.63, 3.8) is 0 Å². The molecule has 0 aromatic heterocycles. The Balaban J connectivity index is 1.39.